The summed E-state index contributed by atoms with van der Waals surface area (Å²) in [7, 11) is 3.13. The van der Waals surface area contributed by atoms with Gasteiger partial charge in [0.05, 0.1) is 20.3 Å². The second-order valence-electron chi connectivity index (χ2n) is 3.77. The average Bonchev–Trinajstić information content (AvgIpc) is 2.36. The van der Waals surface area contributed by atoms with E-state index < -0.39 is 5.97 Å². The molecule has 6 heteroatoms. The molecule has 1 N–H and O–H groups in total. The summed E-state index contributed by atoms with van der Waals surface area (Å²) in [6.45, 7) is 1.45. The fourth-order valence-electron chi connectivity index (χ4n) is 1.59. The highest BCUT2D eigenvalue weighted by Crippen LogP contribution is 2.15. The van der Waals surface area contributed by atoms with Gasteiger partial charge in [-0.15, -0.1) is 0 Å². The Bertz CT molecular complexity index is 384. The zero-order valence-electron chi connectivity index (χ0n) is 10.6. The molecule has 0 aliphatic heterocycles. The maximum Gasteiger partial charge on any atom is 0.317 e. The van der Waals surface area contributed by atoms with E-state index in [2.05, 4.69) is 4.98 Å². The average molecular weight is 254 g/mol. The van der Waals surface area contributed by atoms with E-state index in [-0.39, 0.29) is 6.54 Å². The van der Waals surface area contributed by atoms with Crippen LogP contribution in [-0.4, -0.2) is 54.9 Å². The predicted octanol–water partition coefficient (Wildman–Crippen LogP) is 0.623. The monoisotopic (exact) mass is 254 g/mol. The highest BCUT2D eigenvalue weighted by molar-refractivity contribution is 5.69. The topological polar surface area (TPSA) is 71.9 Å². The molecule has 0 aliphatic carbocycles. The molecule has 0 amide bonds. The molecule has 0 spiro atoms. The SMILES string of the molecule is COCCN(CC(=O)O)Cc1cccnc1OC. The van der Waals surface area contributed by atoms with Gasteiger partial charge < -0.3 is 14.6 Å². The number of carboxylic acid groups (broad SMARTS) is 1. The summed E-state index contributed by atoms with van der Waals surface area (Å²) < 4.78 is 10.1. The lowest BCUT2D eigenvalue weighted by Gasteiger charge is -2.20. The fraction of sp³-hybridized carbons (Fsp3) is 0.500. The van der Waals surface area contributed by atoms with Crippen LogP contribution in [0.4, 0.5) is 0 Å². The molecule has 18 heavy (non-hydrogen) atoms. The lowest BCUT2D eigenvalue weighted by molar-refractivity contribution is -0.138. The zero-order chi connectivity index (χ0) is 13.4. The Morgan fingerprint density at radius 2 is 2.28 bits per heavy atom. The number of rotatable bonds is 8. The van der Waals surface area contributed by atoms with E-state index in [9.17, 15) is 4.79 Å². The number of carbonyl (C=O) groups is 1. The first-order valence-electron chi connectivity index (χ1n) is 5.58. The first-order chi connectivity index (χ1) is 8.67. The van der Waals surface area contributed by atoms with Crippen molar-refractivity contribution in [1.29, 1.82) is 0 Å². The number of aromatic nitrogens is 1. The van der Waals surface area contributed by atoms with Crippen molar-refractivity contribution in [3.63, 3.8) is 0 Å². The van der Waals surface area contributed by atoms with E-state index in [4.69, 9.17) is 14.6 Å². The summed E-state index contributed by atoms with van der Waals surface area (Å²) >= 11 is 0. The summed E-state index contributed by atoms with van der Waals surface area (Å²) in [6.07, 6.45) is 1.64. The number of hydrogen-bond acceptors (Lipinski definition) is 5. The Balaban J connectivity index is 2.71. The lowest BCUT2D eigenvalue weighted by Crippen LogP contribution is -2.32. The molecule has 1 heterocycles. The van der Waals surface area contributed by atoms with Gasteiger partial charge in [-0.05, 0) is 6.07 Å². The summed E-state index contributed by atoms with van der Waals surface area (Å²) in [5.74, 6) is -0.348. The van der Waals surface area contributed by atoms with Crippen LogP contribution in [0.25, 0.3) is 0 Å². The summed E-state index contributed by atoms with van der Waals surface area (Å²) in [5, 5.41) is 8.86. The maximum absolute atomic E-state index is 10.8. The molecule has 0 aromatic carbocycles. The van der Waals surface area contributed by atoms with Crippen LogP contribution in [0.2, 0.25) is 0 Å². The molecule has 0 saturated heterocycles. The first kappa shape index (κ1) is 14.4. The summed E-state index contributed by atoms with van der Waals surface area (Å²) in [6, 6.07) is 3.67. The molecule has 1 rings (SSSR count). The normalized spacial score (nSPS) is 10.6. The van der Waals surface area contributed by atoms with Crippen LogP contribution in [0.15, 0.2) is 18.3 Å². The Hall–Kier alpha value is -1.66. The molecule has 6 nitrogen and oxygen atoms in total. The molecule has 0 radical (unpaired) electrons. The van der Waals surface area contributed by atoms with Gasteiger partial charge in [0.2, 0.25) is 5.88 Å². The predicted molar refractivity (Wildman–Crippen MR) is 65.6 cm³/mol. The third-order valence-corrected chi connectivity index (χ3v) is 2.41. The van der Waals surface area contributed by atoms with E-state index in [1.165, 1.54) is 0 Å². The quantitative estimate of drug-likeness (QED) is 0.733. The van der Waals surface area contributed by atoms with Gasteiger partial charge in [-0.2, -0.15) is 0 Å². The molecule has 0 atom stereocenters. The molecule has 1 aromatic heterocycles. The number of hydrogen-bond donors (Lipinski definition) is 1. The molecular weight excluding hydrogens is 236 g/mol. The van der Waals surface area contributed by atoms with Crippen molar-refractivity contribution in [3.8, 4) is 5.88 Å². The minimum atomic E-state index is -0.867. The second-order valence-corrected chi connectivity index (χ2v) is 3.77. The molecule has 0 unspecified atom stereocenters. The van der Waals surface area contributed by atoms with Gasteiger partial charge in [-0.25, -0.2) is 4.98 Å². The third kappa shape index (κ3) is 4.68. The zero-order valence-corrected chi connectivity index (χ0v) is 10.6. The number of ether oxygens (including phenoxy) is 2. The molecule has 0 saturated carbocycles. The van der Waals surface area contributed by atoms with Gasteiger partial charge in [0, 0.05) is 32.0 Å². The Labute approximate surface area is 106 Å². The van der Waals surface area contributed by atoms with E-state index in [1.807, 2.05) is 6.07 Å². The molecule has 0 aliphatic rings. The maximum atomic E-state index is 10.8. The van der Waals surface area contributed by atoms with Crippen LogP contribution in [0, 0.1) is 0 Å². The van der Waals surface area contributed by atoms with Crippen molar-refractivity contribution < 1.29 is 19.4 Å². The number of nitrogens with zero attached hydrogens (tertiary/aromatic N) is 2. The van der Waals surface area contributed by atoms with Crippen molar-refractivity contribution in [2.75, 3.05) is 33.9 Å². The van der Waals surface area contributed by atoms with Crippen molar-refractivity contribution in [3.05, 3.63) is 23.9 Å². The van der Waals surface area contributed by atoms with Crippen LogP contribution in [0.1, 0.15) is 5.56 Å². The number of methoxy groups -OCH3 is 2. The van der Waals surface area contributed by atoms with Crippen LogP contribution in [0.5, 0.6) is 5.88 Å². The summed E-state index contributed by atoms with van der Waals surface area (Å²) in [4.78, 5) is 16.6. The van der Waals surface area contributed by atoms with Crippen LogP contribution in [0.3, 0.4) is 0 Å². The number of pyridine rings is 1. The van der Waals surface area contributed by atoms with Crippen LogP contribution in [-0.2, 0) is 16.1 Å². The molecule has 1 aromatic rings. The minimum Gasteiger partial charge on any atom is -0.481 e. The van der Waals surface area contributed by atoms with Gasteiger partial charge >= 0.3 is 5.97 Å². The van der Waals surface area contributed by atoms with Crippen molar-refractivity contribution in [2.24, 2.45) is 0 Å². The van der Waals surface area contributed by atoms with Gasteiger partial charge in [-0.1, -0.05) is 6.07 Å². The number of carboxylic acids is 1. The van der Waals surface area contributed by atoms with E-state index in [0.29, 0.717) is 25.6 Å². The van der Waals surface area contributed by atoms with Gasteiger partial charge in [0.15, 0.2) is 0 Å². The lowest BCUT2D eigenvalue weighted by atomic mass is 10.2. The largest absolute Gasteiger partial charge is 0.481 e. The Morgan fingerprint density at radius 1 is 1.50 bits per heavy atom. The molecule has 100 valence electrons. The number of aliphatic carboxylic acids is 1. The van der Waals surface area contributed by atoms with Crippen LogP contribution < -0.4 is 4.74 Å². The molecular formula is C12H18N2O4. The fourth-order valence-corrected chi connectivity index (χ4v) is 1.59. The van der Waals surface area contributed by atoms with Gasteiger partial charge in [0.25, 0.3) is 0 Å². The van der Waals surface area contributed by atoms with Crippen molar-refractivity contribution in [2.45, 2.75) is 6.54 Å². The third-order valence-electron chi connectivity index (χ3n) is 2.41. The smallest absolute Gasteiger partial charge is 0.317 e. The summed E-state index contributed by atoms with van der Waals surface area (Å²) in [5.41, 5.74) is 0.859. The van der Waals surface area contributed by atoms with E-state index >= 15 is 0 Å². The van der Waals surface area contributed by atoms with Gasteiger partial charge in [-0.3, -0.25) is 9.69 Å². The first-order valence-corrected chi connectivity index (χ1v) is 5.58. The second kappa shape index (κ2) is 7.62. The van der Waals surface area contributed by atoms with Crippen molar-refractivity contribution in [1.82, 2.24) is 9.88 Å². The van der Waals surface area contributed by atoms with Crippen molar-refractivity contribution >= 4 is 5.97 Å². The Morgan fingerprint density at radius 3 is 2.89 bits per heavy atom. The van der Waals surface area contributed by atoms with E-state index in [1.54, 1.807) is 31.4 Å². The van der Waals surface area contributed by atoms with Gasteiger partial charge in [0.1, 0.15) is 0 Å². The molecule has 0 fully saturated rings. The van der Waals surface area contributed by atoms with Crippen LogP contribution >= 0.6 is 0 Å². The highest BCUT2D eigenvalue weighted by atomic mass is 16.5. The highest BCUT2D eigenvalue weighted by Gasteiger charge is 2.13. The Kier molecular flexibility index (Phi) is 6.10. The standard InChI is InChI=1S/C12H18N2O4/c1-17-7-6-14(9-11(15)16)8-10-4-3-5-13-12(10)18-2/h3-5H,6-9H2,1-2H3,(H,15,16). The molecule has 0 bridgehead atoms. The minimum absolute atomic E-state index is 0.0403. The van der Waals surface area contributed by atoms with E-state index in [0.717, 1.165) is 5.56 Å².